The van der Waals surface area contributed by atoms with E-state index in [2.05, 4.69) is 0 Å². The van der Waals surface area contributed by atoms with Gasteiger partial charge >= 0.3 is 6.18 Å². The number of hydrogen-bond donors (Lipinski definition) is 1. The average molecular weight is 284 g/mol. The molecule has 0 spiro atoms. The van der Waals surface area contributed by atoms with Crippen molar-refractivity contribution in [2.45, 2.75) is 45.2 Å². The number of alkyl halides is 3. The number of aliphatic hydroxyl groups is 1. The molecule has 0 saturated carbocycles. The van der Waals surface area contributed by atoms with Crippen molar-refractivity contribution in [1.29, 1.82) is 0 Å². The van der Waals surface area contributed by atoms with Crippen molar-refractivity contribution in [1.82, 2.24) is 0 Å². The Morgan fingerprint density at radius 1 is 1.15 bits per heavy atom. The summed E-state index contributed by atoms with van der Waals surface area (Å²) in [5.74, 6) is -0.478. The zero-order valence-corrected chi connectivity index (χ0v) is 11.5. The van der Waals surface area contributed by atoms with Crippen LogP contribution in [0.5, 0.6) is 0 Å². The Bertz CT molecular complexity index is 490. The second kappa shape index (κ2) is 5.51. The lowest BCUT2D eigenvalue weighted by Gasteiger charge is -2.33. The topological polar surface area (TPSA) is 20.2 Å². The molecule has 0 heterocycles. The van der Waals surface area contributed by atoms with Crippen molar-refractivity contribution < 1.29 is 18.3 Å². The Morgan fingerprint density at radius 3 is 2.40 bits per heavy atom. The first-order valence-electron chi connectivity index (χ1n) is 6.87. The summed E-state index contributed by atoms with van der Waals surface area (Å²) in [4.78, 5) is 0. The predicted molar refractivity (Wildman–Crippen MR) is 72.4 cm³/mol. The SMILES string of the molecule is CC1(Cc2ccccc2)CCCCC(O)=C1C(F)(F)F. The molecule has 20 heavy (non-hydrogen) atoms. The van der Waals surface area contributed by atoms with Crippen LogP contribution in [-0.4, -0.2) is 11.3 Å². The van der Waals surface area contributed by atoms with Gasteiger partial charge in [-0.15, -0.1) is 0 Å². The fourth-order valence-electron chi connectivity index (χ4n) is 3.13. The van der Waals surface area contributed by atoms with E-state index in [1.165, 1.54) is 0 Å². The summed E-state index contributed by atoms with van der Waals surface area (Å²) >= 11 is 0. The molecule has 0 fully saturated rings. The van der Waals surface area contributed by atoms with Crippen LogP contribution in [0.1, 0.15) is 38.2 Å². The van der Waals surface area contributed by atoms with E-state index in [-0.39, 0.29) is 6.42 Å². The van der Waals surface area contributed by atoms with Gasteiger partial charge in [0.25, 0.3) is 0 Å². The fraction of sp³-hybridized carbons (Fsp3) is 0.500. The lowest BCUT2D eigenvalue weighted by Crippen LogP contribution is -2.32. The molecule has 0 radical (unpaired) electrons. The first-order chi connectivity index (χ1) is 9.33. The van der Waals surface area contributed by atoms with Crippen molar-refractivity contribution in [3.63, 3.8) is 0 Å². The van der Waals surface area contributed by atoms with Crippen LogP contribution in [0.3, 0.4) is 0 Å². The van der Waals surface area contributed by atoms with Crippen LogP contribution >= 0.6 is 0 Å². The lowest BCUT2D eigenvalue weighted by atomic mass is 9.73. The van der Waals surface area contributed by atoms with Crippen LogP contribution in [0.4, 0.5) is 13.2 Å². The Kier molecular flexibility index (Phi) is 4.11. The molecule has 1 aromatic rings. The van der Waals surface area contributed by atoms with Gasteiger partial charge in [0.15, 0.2) is 0 Å². The quantitative estimate of drug-likeness (QED) is 0.793. The third-order valence-corrected chi connectivity index (χ3v) is 4.00. The van der Waals surface area contributed by atoms with Gasteiger partial charge in [-0.05, 0) is 24.8 Å². The highest BCUT2D eigenvalue weighted by Crippen LogP contribution is 2.48. The Balaban J connectivity index is 2.41. The average Bonchev–Trinajstić information content (AvgIpc) is 2.48. The first kappa shape index (κ1) is 14.9. The molecule has 1 aliphatic carbocycles. The molecule has 1 unspecified atom stereocenters. The third kappa shape index (κ3) is 3.17. The lowest BCUT2D eigenvalue weighted by molar-refractivity contribution is -0.110. The summed E-state index contributed by atoms with van der Waals surface area (Å²) in [7, 11) is 0. The predicted octanol–water partition coefficient (Wildman–Crippen LogP) is 5.18. The summed E-state index contributed by atoms with van der Waals surface area (Å²) < 4.78 is 40.1. The van der Waals surface area contributed by atoms with E-state index in [4.69, 9.17) is 0 Å². The summed E-state index contributed by atoms with van der Waals surface area (Å²) in [5, 5.41) is 9.86. The van der Waals surface area contributed by atoms with Gasteiger partial charge in [0.1, 0.15) is 5.76 Å². The number of aliphatic hydroxyl groups excluding tert-OH is 1. The molecule has 0 aromatic heterocycles. The zero-order chi connectivity index (χ0) is 14.8. The highest BCUT2D eigenvalue weighted by molar-refractivity contribution is 5.28. The smallest absolute Gasteiger partial charge is 0.416 e. The maximum absolute atomic E-state index is 13.4. The first-order valence-corrected chi connectivity index (χ1v) is 6.87. The highest BCUT2D eigenvalue weighted by atomic mass is 19.4. The van der Waals surface area contributed by atoms with E-state index < -0.39 is 22.9 Å². The fourth-order valence-corrected chi connectivity index (χ4v) is 3.13. The minimum Gasteiger partial charge on any atom is -0.512 e. The number of halogens is 3. The second-order valence-corrected chi connectivity index (χ2v) is 5.75. The van der Waals surface area contributed by atoms with Crippen molar-refractivity contribution >= 4 is 0 Å². The Hall–Kier alpha value is -1.45. The van der Waals surface area contributed by atoms with E-state index >= 15 is 0 Å². The largest absolute Gasteiger partial charge is 0.512 e. The minimum absolute atomic E-state index is 0.124. The van der Waals surface area contributed by atoms with Crippen LogP contribution in [0.15, 0.2) is 41.7 Å². The Labute approximate surface area is 117 Å². The summed E-state index contributed by atoms with van der Waals surface area (Å²) in [6.07, 6.45) is -2.30. The molecule has 1 nitrogen and oxygen atoms in total. The molecule has 4 heteroatoms. The van der Waals surface area contributed by atoms with E-state index in [0.29, 0.717) is 25.7 Å². The van der Waals surface area contributed by atoms with Gasteiger partial charge in [-0.1, -0.05) is 43.7 Å². The van der Waals surface area contributed by atoms with E-state index in [0.717, 1.165) is 5.56 Å². The van der Waals surface area contributed by atoms with Crippen LogP contribution in [-0.2, 0) is 6.42 Å². The monoisotopic (exact) mass is 284 g/mol. The molecule has 1 N–H and O–H groups in total. The molecule has 0 saturated heterocycles. The molecule has 1 atom stereocenters. The number of benzene rings is 1. The molecule has 2 rings (SSSR count). The maximum Gasteiger partial charge on any atom is 0.416 e. The minimum atomic E-state index is -4.47. The molecular weight excluding hydrogens is 265 g/mol. The van der Waals surface area contributed by atoms with E-state index in [1.54, 1.807) is 6.92 Å². The van der Waals surface area contributed by atoms with Gasteiger partial charge in [-0.3, -0.25) is 0 Å². The molecule has 1 aliphatic rings. The third-order valence-electron chi connectivity index (χ3n) is 4.00. The number of rotatable bonds is 2. The number of allylic oxidation sites excluding steroid dienone is 2. The molecule has 0 aliphatic heterocycles. The van der Waals surface area contributed by atoms with Crippen LogP contribution in [0.25, 0.3) is 0 Å². The van der Waals surface area contributed by atoms with Gasteiger partial charge < -0.3 is 5.11 Å². The Morgan fingerprint density at radius 2 is 1.80 bits per heavy atom. The summed E-state index contributed by atoms with van der Waals surface area (Å²) in [5.41, 5.74) is -0.919. The van der Waals surface area contributed by atoms with Crippen molar-refractivity contribution in [3.8, 4) is 0 Å². The molecular formula is C16H19F3O. The van der Waals surface area contributed by atoms with Crippen molar-refractivity contribution in [2.24, 2.45) is 5.41 Å². The zero-order valence-electron chi connectivity index (χ0n) is 11.5. The van der Waals surface area contributed by atoms with Gasteiger partial charge in [-0.2, -0.15) is 13.2 Å². The second-order valence-electron chi connectivity index (χ2n) is 5.75. The normalized spacial score (nSPS) is 24.6. The molecule has 0 bridgehead atoms. The van der Waals surface area contributed by atoms with Gasteiger partial charge in [0.2, 0.25) is 0 Å². The van der Waals surface area contributed by atoms with Crippen molar-refractivity contribution in [2.75, 3.05) is 0 Å². The van der Waals surface area contributed by atoms with Gasteiger partial charge in [0.05, 0.1) is 5.57 Å². The molecule has 1 aromatic carbocycles. The van der Waals surface area contributed by atoms with E-state index in [9.17, 15) is 18.3 Å². The van der Waals surface area contributed by atoms with Crippen LogP contribution in [0, 0.1) is 5.41 Å². The van der Waals surface area contributed by atoms with Crippen molar-refractivity contribution in [3.05, 3.63) is 47.2 Å². The highest BCUT2D eigenvalue weighted by Gasteiger charge is 2.48. The molecule has 0 amide bonds. The van der Waals surface area contributed by atoms with Crippen LogP contribution in [0.2, 0.25) is 0 Å². The summed E-state index contributed by atoms with van der Waals surface area (Å²) in [6, 6.07) is 9.16. The van der Waals surface area contributed by atoms with E-state index in [1.807, 2.05) is 30.3 Å². The standard InChI is InChI=1S/C16H19F3O/c1-15(11-12-7-3-2-4-8-12)10-6-5-9-13(20)14(15)16(17,18)19/h2-4,7-8,20H,5-6,9-11H2,1H3. The van der Waals surface area contributed by atoms with Gasteiger partial charge in [-0.25, -0.2) is 0 Å². The maximum atomic E-state index is 13.4. The van der Waals surface area contributed by atoms with Crippen LogP contribution < -0.4 is 0 Å². The van der Waals surface area contributed by atoms with Gasteiger partial charge in [0, 0.05) is 11.8 Å². The number of hydrogen-bond acceptors (Lipinski definition) is 1. The summed E-state index contributed by atoms with van der Waals surface area (Å²) in [6.45, 7) is 1.62. The molecule has 110 valence electrons.